The molecule has 0 radical (unpaired) electrons. The third-order valence-corrected chi connectivity index (χ3v) is 5.25. The molecule has 0 fully saturated rings. The van der Waals surface area contributed by atoms with Gasteiger partial charge in [-0.2, -0.15) is 0 Å². The molecule has 0 bridgehead atoms. The van der Waals surface area contributed by atoms with Crippen molar-refractivity contribution in [3.8, 4) is 0 Å². The number of amides is 1. The summed E-state index contributed by atoms with van der Waals surface area (Å²) in [6.07, 6.45) is 1.60. The first-order valence-electron chi connectivity index (χ1n) is 10.2. The van der Waals surface area contributed by atoms with Crippen molar-refractivity contribution in [2.45, 2.75) is 47.2 Å². The Morgan fingerprint density at radius 2 is 1.80 bits per heavy atom. The molecule has 1 amide bonds. The zero-order valence-corrected chi connectivity index (χ0v) is 18.4. The SMILES string of the molecule is C=CCN(C(=O)c1ccccc1)[C@H](C)C(=O)c1c(C)c(C(=O)OCC)n(CC)c1C. The van der Waals surface area contributed by atoms with Crippen molar-refractivity contribution < 1.29 is 19.1 Å². The topological polar surface area (TPSA) is 68.6 Å². The molecule has 30 heavy (non-hydrogen) atoms. The minimum Gasteiger partial charge on any atom is -0.461 e. The van der Waals surface area contributed by atoms with E-state index in [0.29, 0.717) is 34.6 Å². The molecule has 0 aliphatic rings. The molecule has 6 nitrogen and oxygen atoms in total. The van der Waals surface area contributed by atoms with Gasteiger partial charge in [0.25, 0.3) is 5.91 Å². The number of ketones is 1. The van der Waals surface area contributed by atoms with Gasteiger partial charge in [-0.05, 0) is 52.3 Å². The van der Waals surface area contributed by atoms with Gasteiger partial charge in [-0.1, -0.05) is 24.3 Å². The van der Waals surface area contributed by atoms with Crippen LogP contribution in [-0.4, -0.2) is 46.3 Å². The molecular weight excluding hydrogens is 380 g/mol. The maximum atomic E-state index is 13.5. The Bertz CT molecular complexity index is 944. The van der Waals surface area contributed by atoms with Crippen molar-refractivity contribution >= 4 is 17.7 Å². The molecule has 1 aromatic heterocycles. The highest BCUT2D eigenvalue weighted by atomic mass is 16.5. The Labute approximate surface area is 178 Å². The van der Waals surface area contributed by atoms with E-state index in [1.165, 1.54) is 4.90 Å². The van der Waals surface area contributed by atoms with Gasteiger partial charge in [0, 0.05) is 29.9 Å². The van der Waals surface area contributed by atoms with E-state index in [-0.39, 0.29) is 24.8 Å². The number of hydrogen-bond donors (Lipinski definition) is 0. The van der Waals surface area contributed by atoms with Gasteiger partial charge in [0.15, 0.2) is 5.78 Å². The monoisotopic (exact) mass is 410 g/mol. The molecule has 1 atom stereocenters. The van der Waals surface area contributed by atoms with Gasteiger partial charge in [0.1, 0.15) is 5.69 Å². The van der Waals surface area contributed by atoms with Crippen LogP contribution in [0.15, 0.2) is 43.0 Å². The van der Waals surface area contributed by atoms with E-state index < -0.39 is 12.0 Å². The van der Waals surface area contributed by atoms with Crippen LogP contribution in [0.3, 0.4) is 0 Å². The minimum absolute atomic E-state index is 0.214. The first kappa shape index (κ1) is 23.1. The molecule has 1 heterocycles. The van der Waals surface area contributed by atoms with Gasteiger partial charge in [-0.15, -0.1) is 6.58 Å². The summed E-state index contributed by atoms with van der Waals surface area (Å²) in [5.41, 5.74) is 2.63. The number of carbonyl (C=O) groups excluding carboxylic acids is 3. The summed E-state index contributed by atoms with van der Waals surface area (Å²) in [7, 11) is 0. The lowest BCUT2D eigenvalue weighted by molar-refractivity contribution is 0.0512. The molecule has 2 aromatic rings. The highest BCUT2D eigenvalue weighted by Crippen LogP contribution is 2.26. The lowest BCUT2D eigenvalue weighted by atomic mass is 9.99. The average Bonchev–Trinajstić information content (AvgIpc) is 3.00. The number of benzene rings is 1. The largest absolute Gasteiger partial charge is 0.461 e. The van der Waals surface area contributed by atoms with Crippen LogP contribution in [0.5, 0.6) is 0 Å². The van der Waals surface area contributed by atoms with Crippen molar-refractivity contribution in [1.29, 1.82) is 0 Å². The van der Waals surface area contributed by atoms with Crippen molar-refractivity contribution in [2.75, 3.05) is 13.2 Å². The van der Waals surface area contributed by atoms with Crippen LogP contribution < -0.4 is 0 Å². The normalized spacial score (nSPS) is 11.6. The fraction of sp³-hybridized carbons (Fsp3) is 0.375. The summed E-state index contributed by atoms with van der Waals surface area (Å²) in [5.74, 6) is -0.906. The van der Waals surface area contributed by atoms with E-state index in [2.05, 4.69) is 6.58 Å². The predicted octanol–water partition coefficient (Wildman–Crippen LogP) is 4.20. The Balaban J connectivity index is 2.48. The second-order valence-corrected chi connectivity index (χ2v) is 7.05. The van der Waals surface area contributed by atoms with E-state index in [1.54, 1.807) is 55.7 Å². The first-order valence-corrected chi connectivity index (χ1v) is 10.2. The third-order valence-electron chi connectivity index (χ3n) is 5.25. The quantitative estimate of drug-likeness (QED) is 0.353. The molecular formula is C24H30N2O4. The average molecular weight is 411 g/mol. The lowest BCUT2D eigenvalue weighted by Crippen LogP contribution is -2.43. The second-order valence-electron chi connectivity index (χ2n) is 7.05. The molecule has 6 heteroatoms. The van der Waals surface area contributed by atoms with Gasteiger partial charge in [0.2, 0.25) is 0 Å². The highest BCUT2D eigenvalue weighted by molar-refractivity contribution is 6.07. The van der Waals surface area contributed by atoms with Gasteiger partial charge in [-0.25, -0.2) is 4.79 Å². The number of nitrogens with zero attached hydrogens (tertiary/aromatic N) is 2. The van der Waals surface area contributed by atoms with Crippen LogP contribution in [0.2, 0.25) is 0 Å². The standard InChI is InChI=1S/C24H30N2O4/c1-7-15-26(23(28)19-13-11-10-12-14-19)18(6)22(27)20-16(4)21(24(29)30-9-3)25(8-2)17(20)5/h7,10-14,18H,1,8-9,15H2,2-6H3/t18-/m1/s1. The summed E-state index contributed by atoms with van der Waals surface area (Å²) < 4.78 is 6.99. The summed E-state index contributed by atoms with van der Waals surface area (Å²) in [5, 5.41) is 0. The molecule has 0 spiro atoms. The smallest absolute Gasteiger partial charge is 0.355 e. The highest BCUT2D eigenvalue weighted by Gasteiger charge is 2.32. The molecule has 0 saturated heterocycles. The Kier molecular flexibility index (Phi) is 7.75. The maximum absolute atomic E-state index is 13.5. The zero-order valence-electron chi connectivity index (χ0n) is 18.4. The Hall–Kier alpha value is -3.15. The van der Waals surface area contributed by atoms with E-state index in [1.807, 2.05) is 19.9 Å². The number of esters is 1. The third kappa shape index (κ3) is 4.37. The van der Waals surface area contributed by atoms with Crippen molar-refractivity contribution in [1.82, 2.24) is 9.47 Å². The maximum Gasteiger partial charge on any atom is 0.355 e. The molecule has 0 aliphatic heterocycles. The molecule has 1 aromatic carbocycles. The molecule has 2 rings (SSSR count). The summed E-state index contributed by atoms with van der Waals surface area (Å²) in [6.45, 7) is 13.7. The van der Waals surface area contributed by atoms with Crippen LogP contribution in [-0.2, 0) is 11.3 Å². The number of ether oxygens (including phenoxy) is 1. The molecule has 0 unspecified atom stereocenters. The molecule has 0 N–H and O–H groups in total. The van der Waals surface area contributed by atoms with Crippen LogP contribution in [0.1, 0.15) is 63.2 Å². The predicted molar refractivity (Wildman–Crippen MR) is 117 cm³/mol. The summed E-state index contributed by atoms with van der Waals surface area (Å²) in [4.78, 5) is 40.6. The molecule has 0 saturated carbocycles. The van der Waals surface area contributed by atoms with E-state index in [0.717, 1.165) is 0 Å². The Morgan fingerprint density at radius 1 is 1.17 bits per heavy atom. The zero-order chi connectivity index (χ0) is 22.4. The van der Waals surface area contributed by atoms with Crippen LogP contribution in [0.25, 0.3) is 0 Å². The van der Waals surface area contributed by atoms with Crippen LogP contribution in [0, 0.1) is 13.8 Å². The van der Waals surface area contributed by atoms with Crippen molar-refractivity contribution in [3.63, 3.8) is 0 Å². The number of rotatable bonds is 9. The number of aromatic nitrogens is 1. The number of Topliss-reactive ketones (excluding diaryl/α,β-unsaturated/α-hetero) is 1. The van der Waals surface area contributed by atoms with Crippen molar-refractivity contribution in [2.24, 2.45) is 0 Å². The van der Waals surface area contributed by atoms with Gasteiger partial charge < -0.3 is 14.2 Å². The van der Waals surface area contributed by atoms with Gasteiger partial charge >= 0.3 is 5.97 Å². The van der Waals surface area contributed by atoms with E-state index in [9.17, 15) is 14.4 Å². The molecule has 0 aliphatic carbocycles. The number of carbonyl (C=O) groups is 3. The second kappa shape index (κ2) is 10.1. The van der Waals surface area contributed by atoms with Gasteiger partial charge in [0.05, 0.1) is 12.6 Å². The first-order chi connectivity index (χ1) is 14.3. The Morgan fingerprint density at radius 3 is 2.33 bits per heavy atom. The van der Waals surface area contributed by atoms with Gasteiger partial charge in [-0.3, -0.25) is 9.59 Å². The fourth-order valence-electron chi connectivity index (χ4n) is 3.77. The van der Waals surface area contributed by atoms with E-state index >= 15 is 0 Å². The van der Waals surface area contributed by atoms with Crippen LogP contribution >= 0.6 is 0 Å². The number of hydrogen-bond acceptors (Lipinski definition) is 4. The molecule has 160 valence electrons. The summed E-state index contributed by atoms with van der Waals surface area (Å²) in [6, 6.07) is 8.12. The lowest BCUT2D eigenvalue weighted by Gasteiger charge is -2.27. The van der Waals surface area contributed by atoms with E-state index in [4.69, 9.17) is 4.74 Å². The summed E-state index contributed by atoms with van der Waals surface area (Å²) >= 11 is 0. The fourth-order valence-corrected chi connectivity index (χ4v) is 3.77. The minimum atomic E-state index is -0.726. The van der Waals surface area contributed by atoms with Crippen LogP contribution in [0.4, 0.5) is 0 Å². The van der Waals surface area contributed by atoms with Crippen molar-refractivity contribution in [3.05, 3.63) is 71.1 Å².